The van der Waals surface area contributed by atoms with Crippen LogP contribution in [0, 0.1) is 6.92 Å². The van der Waals surface area contributed by atoms with Gasteiger partial charge in [0.2, 0.25) is 15.9 Å². The number of hydrogen-bond donors (Lipinski definition) is 2. The number of nitrogens with zero attached hydrogens (tertiary/aromatic N) is 1. The van der Waals surface area contributed by atoms with Gasteiger partial charge in [0.1, 0.15) is 0 Å². The molecule has 0 unspecified atom stereocenters. The molecule has 146 valence electrons. The molecule has 6 nitrogen and oxygen atoms in total. The van der Waals surface area contributed by atoms with E-state index in [0.29, 0.717) is 29.5 Å². The van der Waals surface area contributed by atoms with Crippen molar-refractivity contribution in [2.45, 2.75) is 25.7 Å². The lowest BCUT2D eigenvalue weighted by Gasteiger charge is -2.18. The molecule has 0 spiro atoms. The number of carbonyl (C=O) groups excluding carboxylic acids is 1. The summed E-state index contributed by atoms with van der Waals surface area (Å²) in [5, 5.41) is 6.33. The Labute approximate surface area is 165 Å². The smallest absolute Gasteiger partial charge is 0.243 e. The van der Waals surface area contributed by atoms with Crippen LogP contribution in [0.1, 0.15) is 19.4 Å². The average molecular weight is 410 g/mol. The van der Waals surface area contributed by atoms with Gasteiger partial charge in [-0.2, -0.15) is 4.31 Å². The van der Waals surface area contributed by atoms with E-state index in [1.807, 2.05) is 13.0 Å². The Kier molecular flexibility index (Phi) is 7.24. The van der Waals surface area contributed by atoms with Crippen LogP contribution in [0.15, 0.2) is 47.4 Å². The standard InChI is InChI=1S/C19H24ClN3O3S/c1-4-23(5-2)27(25,26)17-10-8-16(9-11-17)21-13-19(24)22-18-12-15(20)7-6-14(18)3/h6-12,21H,4-5,13H2,1-3H3,(H,22,24). The Morgan fingerprint density at radius 2 is 1.70 bits per heavy atom. The van der Waals surface area contributed by atoms with Gasteiger partial charge in [-0.25, -0.2) is 8.42 Å². The molecule has 8 heteroatoms. The van der Waals surface area contributed by atoms with Crippen molar-refractivity contribution in [3.63, 3.8) is 0 Å². The van der Waals surface area contributed by atoms with Crippen molar-refractivity contribution in [1.29, 1.82) is 0 Å². The second kappa shape index (κ2) is 9.21. The number of nitrogens with one attached hydrogen (secondary N) is 2. The Hall–Kier alpha value is -2.09. The molecule has 0 aliphatic rings. The minimum atomic E-state index is -3.49. The Bertz CT molecular complexity index is 895. The molecule has 2 N–H and O–H groups in total. The Balaban J connectivity index is 1.99. The summed E-state index contributed by atoms with van der Waals surface area (Å²) in [5.74, 6) is -0.222. The molecule has 27 heavy (non-hydrogen) atoms. The molecule has 0 aliphatic heterocycles. The lowest BCUT2D eigenvalue weighted by molar-refractivity contribution is -0.114. The van der Waals surface area contributed by atoms with Crippen molar-refractivity contribution in [2.75, 3.05) is 30.3 Å². The lowest BCUT2D eigenvalue weighted by atomic mass is 10.2. The minimum absolute atomic E-state index is 0.0497. The van der Waals surface area contributed by atoms with E-state index in [9.17, 15) is 13.2 Å². The highest BCUT2D eigenvalue weighted by molar-refractivity contribution is 7.89. The van der Waals surface area contributed by atoms with Crippen LogP contribution < -0.4 is 10.6 Å². The van der Waals surface area contributed by atoms with Gasteiger partial charge >= 0.3 is 0 Å². The molecule has 2 aromatic carbocycles. The molecule has 2 rings (SSSR count). The molecular formula is C19H24ClN3O3S. The van der Waals surface area contributed by atoms with E-state index in [4.69, 9.17) is 11.6 Å². The normalized spacial score (nSPS) is 11.4. The van der Waals surface area contributed by atoms with Gasteiger partial charge in [-0.05, 0) is 48.9 Å². The highest BCUT2D eigenvalue weighted by atomic mass is 35.5. The largest absolute Gasteiger partial charge is 0.376 e. The van der Waals surface area contributed by atoms with E-state index < -0.39 is 10.0 Å². The molecule has 0 saturated heterocycles. The Morgan fingerprint density at radius 3 is 2.30 bits per heavy atom. The minimum Gasteiger partial charge on any atom is -0.376 e. The molecule has 0 saturated carbocycles. The predicted octanol–water partition coefficient (Wildman–Crippen LogP) is 3.73. The molecular weight excluding hydrogens is 386 g/mol. The first-order valence-corrected chi connectivity index (χ1v) is 10.5. The third kappa shape index (κ3) is 5.45. The van der Waals surface area contributed by atoms with E-state index in [2.05, 4.69) is 10.6 Å². The fourth-order valence-electron chi connectivity index (χ4n) is 2.56. The highest BCUT2D eigenvalue weighted by Gasteiger charge is 2.21. The molecule has 0 atom stereocenters. The zero-order valence-corrected chi connectivity index (χ0v) is 17.2. The molecule has 0 aromatic heterocycles. The van der Waals surface area contributed by atoms with Crippen molar-refractivity contribution < 1.29 is 13.2 Å². The number of halogens is 1. The molecule has 0 heterocycles. The zero-order valence-electron chi connectivity index (χ0n) is 15.6. The van der Waals surface area contributed by atoms with Crippen LogP contribution in [-0.4, -0.2) is 38.3 Å². The van der Waals surface area contributed by atoms with E-state index in [0.717, 1.165) is 5.56 Å². The van der Waals surface area contributed by atoms with Gasteiger partial charge in [0.15, 0.2) is 0 Å². The second-order valence-corrected chi connectivity index (χ2v) is 8.35. The summed E-state index contributed by atoms with van der Waals surface area (Å²) in [6.45, 7) is 6.38. The third-order valence-electron chi connectivity index (χ3n) is 4.12. The van der Waals surface area contributed by atoms with Crippen molar-refractivity contribution in [2.24, 2.45) is 0 Å². The average Bonchev–Trinajstić information content (AvgIpc) is 2.64. The fourth-order valence-corrected chi connectivity index (χ4v) is 4.19. The monoisotopic (exact) mass is 409 g/mol. The zero-order chi connectivity index (χ0) is 20.0. The van der Waals surface area contributed by atoms with E-state index in [1.165, 1.54) is 16.4 Å². The fraction of sp³-hybridized carbons (Fsp3) is 0.316. The first kappa shape index (κ1) is 21.2. The number of rotatable bonds is 8. The van der Waals surface area contributed by atoms with Gasteiger partial charge in [-0.1, -0.05) is 31.5 Å². The number of hydrogen-bond acceptors (Lipinski definition) is 4. The third-order valence-corrected chi connectivity index (χ3v) is 6.42. The van der Waals surface area contributed by atoms with Crippen LogP contribution in [0.4, 0.5) is 11.4 Å². The van der Waals surface area contributed by atoms with Crippen LogP contribution in [0.3, 0.4) is 0 Å². The second-order valence-electron chi connectivity index (χ2n) is 5.97. The summed E-state index contributed by atoms with van der Waals surface area (Å²) < 4.78 is 26.3. The van der Waals surface area contributed by atoms with Crippen molar-refractivity contribution in [3.8, 4) is 0 Å². The van der Waals surface area contributed by atoms with Gasteiger partial charge < -0.3 is 10.6 Å². The van der Waals surface area contributed by atoms with Gasteiger partial charge in [-0.15, -0.1) is 0 Å². The number of carbonyl (C=O) groups is 1. The first-order valence-electron chi connectivity index (χ1n) is 8.68. The number of anilines is 2. The maximum absolute atomic E-state index is 12.5. The van der Waals surface area contributed by atoms with Crippen LogP contribution >= 0.6 is 11.6 Å². The highest BCUT2D eigenvalue weighted by Crippen LogP contribution is 2.20. The van der Waals surface area contributed by atoms with Gasteiger partial charge in [0.25, 0.3) is 0 Å². The summed E-state index contributed by atoms with van der Waals surface area (Å²) in [7, 11) is -3.49. The first-order chi connectivity index (χ1) is 12.8. The van der Waals surface area contributed by atoms with Crippen LogP contribution in [0.2, 0.25) is 5.02 Å². The molecule has 2 aromatic rings. The van der Waals surface area contributed by atoms with E-state index in [-0.39, 0.29) is 17.3 Å². The number of aryl methyl sites for hydroxylation is 1. The van der Waals surface area contributed by atoms with Crippen LogP contribution in [0.25, 0.3) is 0 Å². The summed E-state index contributed by atoms with van der Waals surface area (Å²) in [5.41, 5.74) is 2.24. The summed E-state index contributed by atoms with van der Waals surface area (Å²) in [6, 6.07) is 11.7. The molecule has 0 aliphatic carbocycles. The van der Waals surface area contributed by atoms with Crippen molar-refractivity contribution >= 4 is 38.9 Å². The van der Waals surface area contributed by atoms with E-state index >= 15 is 0 Å². The van der Waals surface area contributed by atoms with Crippen LogP contribution in [0.5, 0.6) is 0 Å². The van der Waals surface area contributed by atoms with Crippen molar-refractivity contribution in [1.82, 2.24) is 4.31 Å². The lowest BCUT2D eigenvalue weighted by Crippen LogP contribution is -2.30. The maximum atomic E-state index is 12.5. The van der Waals surface area contributed by atoms with Gasteiger partial charge in [0.05, 0.1) is 11.4 Å². The SMILES string of the molecule is CCN(CC)S(=O)(=O)c1ccc(NCC(=O)Nc2cc(Cl)ccc2C)cc1. The molecule has 0 fully saturated rings. The number of sulfonamides is 1. The summed E-state index contributed by atoms with van der Waals surface area (Å²) in [6.07, 6.45) is 0. The molecule has 1 amide bonds. The summed E-state index contributed by atoms with van der Waals surface area (Å²) in [4.78, 5) is 12.4. The molecule has 0 bridgehead atoms. The van der Waals surface area contributed by atoms with Gasteiger partial charge in [-0.3, -0.25) is 4.79 Å². The summed E-state index contributed by atoms with van der Waals surface area (Å²) >= 11 is 5.95. The topological polar surface area (TPSA) is 78.5 Å². The Morgan fingerprint density at radius 1 is 1.07 bits per heavy atom. The number of amides is 1. The maximum Gasteiger partial charge on any atom is 0.243 e. The van der Waals surface area contributed by atoms with Crippen molar-refractivity contribution in [3.05, 3.63) is 53.1 Å². The molecule has 0 radical (unpaired) electrons. The van der Waals surface area contributed by atoms with E-state index in [1.54, 1.807) is 38.1 Å². The van der Waals surface area contributed by atoms with Crippen LogP contribution in [-0.2, 0) is 14.8 Å². The van der Waals surface area contributed by atoms with Gasteiger partial charge in [0, 0.05) is 29.5 Å². The predicted molar refractivity (Wildman–Crippen MR) is 110 cm³/mol. The number of benzene rings is 2. The quantitative estimate of drug-likeness (QED) is 0.696.